The Morgan fingerprint density at radius 2 is 1.96 bits per heavy atom. The number of hydrogen-bond donors (Lipinski definition) is 1. The van der Waals surface area contributed by atoms with E-state index in [1.54, 1.807) is 6.08 Å². The van der Waals surface area contributed by atoms with Crippen LogP contribution in [0.3, 0.4) is 0 Å². The molecule has 0 radical (unpaired) electrons. The predicted octanol–water partition coefficient (Wildman–Crippen LogP) is 6.33. The van der Waals surface area contributed by atoms with Gasteiger partial charge >= 0.3 is 11.9 Å². The van der Waals surface area contributed by atoms with Gasteiger partial charge in [0, 0.05) is 12.3 Å². The Bertz CT molecular complexity index is 583. The monoisotopic (exact) mass is 392 g/mol. The first-order valence-corrected chi connectivity index (χ1v) is 10.2. The highest BCUT2D eigenvalue weighted by atomic mass is 16.6. The Morgan fingerprint density at radius 3 is 2.32 bits per heavy atom. The zero-order chi connectivity index (χ0) is 22.0. The quantitative estimate of drug-likeness (QED) is 0.387. The van der Waals surface area contributed by atoms with E-state index in [4.69, 9.17) is 9.84 Å². The molecule has 1 aliphatic carbocycles. The number of carbonyl (C=O) groups is 2. The van der Waals surface area contributed by atoms with Gasteiger partial charge in [0.05, 0.1) is 6.42 Å². The van der Waals surface area contributed by atoms with Crippen molar-refractivity contribution in [2.45, 2.75) is 86.2 Å². The van der Waals surface area contributed by atoms with E-state index in [1.807, 2.05) is 6.92 Å². The van der Waals surface area contributed by atoms with Gasteiger partial charge in [0.2, 0.25) is 0 Å². The van der Waals surface area contributed by atoms with Crippen LogP contribution in [0.25, 0.3) is 0 Å². The topological polar surface area (TPSA) is 63.6 Å². The van der Waals surface area contributed by atoms with Crippen LogP contribution < -0.4 is 0 Å². The average Bonchev–Trinajstić information content (AvgIpc) is 2.56. The smallest absolute Gasteiger partial charge is 0.304 e. The van der Waals surface area contributed by atoms with Crippen molar-refractivity contribution in [2.24, 2.45) is 17.3 Å². The molecule has 0 saturated carbocycles. The van der Waals surface area contributed by atoms with Crippen molar-refractivity contribution < 1.29 is 19.4 Å². The van der Waals surface area contributed by atoms with Crippen molar-refractivity contribution in [1.29, 1.82) is 0 Å². The number of carbonyl (C=O) groups excluding carboxylic acids is 1. The van der Waals surface area contributed by atoms with Gasteiger partial charge in [-0.15, -0.1) is 0 Å². The van der Waals surface area contributed by atoms with E-state index >= 15 is 0 Å². The van der Waals surface area contributed by atoms with Crippen molar-refractivity contribution in [3.05, 3.63) is 36.5 Å². The Labute approximate surface area is 171 Å². The lowest BCUT2D eigenvalue weighted by Crippen LogP contribution is -2.31. The zero-order valence-electron chi connectivity index (χ0n) is 18.9. The SMILES string of the molecule is C=CC(C)(CCC=C(C)C)OC(C)=O.CC1C=CC(CC(=O)O)(C(C)C)CC1. The van der Waals surface area contributed by atoms with Crippen molar-refractivity contribution in [3.63, 3.8) is 0 Å². The molecule has 3 atom stereocenters. The van der Waals surface area contributed by atoms with E-state index in [9.17, 15) is 9.59 Å². The van der Waals surface area contributed by atoms with Crippen molar-refractivity contribution in [2.75, 3.05) is 0 Å². The fourth-order valence-corrected chi connectivity index (χ4v) is 3.32. The first-order valence-electron chi connectivity index (χ1n) is 10.2. The van der Waals surface area contributed by atoms with Gasteiger partial charge in [-0.1, -0.05) is 51.2 Å². The van der Waals surface area contributed by atoms with Crippen LogP contribution in [0.15, 0.2) is 36.5 Å². The fourth-order valence-electron chi connectivity index (χ4n) is 3.32. The zero-order valence-corrected chi connectivity index (χ0v) is 18.9. The van der Waals surface area contributed by atoms with E-state index < -0.39 is 11.6 Å². The molecule has 4 nitrogen and oxygen atoms in total. The summed E-state index contributed by atoms with van der Waals surface area (Å²) in [5, 5.41) is 8.91. The highest BCUT2D eigenvalue weighted by Gasteiger charge is 2.35. The molecule has 1 aliphatic rings. The van der Waals surface area contributed by atoms with E-state index in [1.165, 1.54) is 12.5 Å². The third kappa shape index (κ3) is 9.91. The van der Waals surface area contributed by atoms with Crippen molar-refractivity contribution >= 4 is 11.9 Å². The number of hydrogen-bond acceptors (Lipinski definition) is 3. The number of esters is 1. The van der Waals surface area contributed by atoms with Crippen molar-refractivity contribution in [3.8, 4) is 0 Å². The lowest BCUT2D eigenvalue weighted by molar-refractivity contribution is -0.151. The minimum atomic E-state index is -0.682. The molecule has 0 aromatic carbocycles. The second-order valence-electron chi connectivity index (χ2n) is 8.76. The highest BCUT2D eigenvalue weighted by molar-refractivity contribution is 5.68. The van der Waals surface area contributed by atoms with Crippen LogP contribution in [0.5, 0.6) is 0 Å². The standard InChI is InChI=1S/2C12H20O2/c1-9(2)12(8-11(13)14)6-4-10(3)5-7-12;1-6-12(5,14-11(4)13)9-7-8-10(2)3/h4,6,9-10H,5,7-8H2,1-3H3,(H,13,14);6,8H,1,7,9H2,2-5H3. The van der Waals surface area contributed by atoms with Crippen LogP contribution in [0, 0.1) is 17.3 Å². The molecule has 0 amide bonds. The van der Waals surface area contributed by atoms with Gasteiger partial charge in [-0.3, -0.25) is 9.59 Å². The molecule has 0 aromatic rings. The minimum Gasteiger partial charge on any atom is -0.481 e. The van der Waals surface area contributed by atoms with Crippen LogP contribution in [0.1, 0.15) is 80.6 Å². The van der Waals surface area contributed by atoms with Gasteiger partial charge in [0.15, 0.2) is 0 Å². The number of ether oxygens (including phenoxy) is 1. The van der Waals surface area contributed by atoms with Crippen LogP contribution in [-0.2, 0) is 14.3 Å². The third-order valence-corrected chi connectivity index (χ3v) is 5.45. The number of carboxylic acid groups (broad SMARTS) is 1. The molecule has 0 saturated heterocycles. The molecule has 0 fully saturated rings. The molecule has 0 aliphatic heterocycles. The fraction of sp³-hybridized carbons (Fsp3) is 0.667. The Balaban J connectivity index is 0.000000521. The van der Waals surface area contributed by atoms with E-state index in [0.29, 0.717) is 11.8 Å². The molecule has 0 aromatic heterocycles. The van der Waals surface area contributed by atoms with E-state index in [2.05, 4.69) is 59.4 Å². The lowest BCUT2D eigenvalue weighted by atomic mass is 9.67. The summed E-state index contributed by atoms with van der Waals surface area (Å²) in [5.41, 5.74) is 0.648. The molecular formula is C24H40O4. The molecule has 1 rings (SSSR count). The molecule has 3 unspecified atom stereocenters. The Morgan fingerprint density at radius 1 is 1.36 bits per heavy atom. The maximum Gasteiger partial charge on any atom is 0.304 e. The Hall–Kier alpha value is -1.84. The van der Waals surface area contributed by atoms with Crippen molar-refractivity contribution in [1.82, 2.24) is 0 Å². The first kappa shape index (κ1) is 26.2. The molecule has 0 spiro atoms. The maximum atomic E-state index is 10.8. The van der Waals surface area contributed by atoms with E-state index in [-0.39, 0.29) is 17.8 Å². The predicted molar refractivity (Wildman–Crippen MR) is 116 cm³/mol. The summed E-state index contributed by atoms with van der Waals surface area (Å²) < 4.78 is 5.18. The van der Waals surface area contributed by atoms with E-state index in [0.717, 1.165) is 25.7 Å². The van der Waals surface area contributed by atoms with Gasteiger partial charge in [0.25, 0.3) is 0 Å². The molecule has 4 heteroatoms. The summed E-state index contributed by atoms with van der Waals surface area (Å²) in [6, 6.07) is 0. The molecule has 0 bridgehead atoms. The average molecular weight is 393 g/mol. The van der Waals surface area contributed by atoms with Gasteiger partial charge in [0.1, 0.15) is 5.60 Å². The molecular weight excluding hydrogens is 352 g/mol. The maximum absolute atomic E-state index is 10.8. The van der Waals surface area contributed by atoms with Crippen LogP contribution in [-0.4, -0.2) is 22.6 Å². The molecule has 0 heterocycles. The number of allylic oxidation sites excluding steroid dienone is 4. The number of carboxylic acids is 1. The third-order valence-electron chi connectivity index (χ3n) is 5.45. The Kier molecular flexibility index (Phi) is 11.1. The summed E-state index contributed by atoms with van der Waals surface area (Å²) in [6.07, 6.45) is 12.2. The van der Waals surface area contributed by atoms with Gasteiger partial charge in [-0.2, -0.15) is 0 Å². The van der Waals surface area contributed by atoms with Crippen LogP contribution in [0.4, 0.5) is 0 Å². The minimum absolute atomic E-state index is 0.0989. The molecule has 160 valence electrons. The molecule has 28 heavy (non-hydrogen) atoms. The van der Waals surface area contributed by atoms with Gasteiger partial charge in [-0.25, -0.2) is 0 Å². The largest absolute Gasteiger partial charge is 0.481 e. The highest BCUT2D eigenvalue weighted by Crippen LogP contribution is 2.42. The summed E-state index contributed by atoms with van der Waals surface area (Å²) in [5.74, 6) is 0.0699. The number of rotatable bonds is 8. The summed E-state index contributed by atoms with van der Waals surface area (Å²) in [6.45, 7) is 17.5. The second kappa shape index (κ2) is 11.9. The first-order chi connectivity index (χ1) is 12.9. The normalized spacial score (nSPS) is 23.1. The summed E-state index contributed by atoms with van der Waals surface area (Å²) in [7, 11) is 0. The lowest BCUT2D eigenvalue weighted by Gasteiger charge is -2.37. The number of aliphatic carboxylic acids is 1. The summed E-state index contributed by atoms with van der Waals surface area (Å²) in [4.78, 5) is 21.7. The second-order valence-corrected chi connectivity index (χ2v) is 8.76. The van der Waals surface area contributed by atoms with Crippen LogP contribution >= 0.6 is 0 Å². The van der Waals surface area contributed by atoms with Gasteiger partial charge in [-0.05, 0) is 64.4 Å². The summed E-state index contributed by atoms with van der Waals surface area (Å²) >= 11 is 0. The van der Waals surface area contributed by atoms with Crippen LogP contribution in [0.2, 0.25) is 0 Å². The van der Waals surface area contributed by atoms with Gasteiger partial charge < -0.3 is 9.84 Å². The molecule has 1 N–H and O–H groups in total.